The maximum atomic E-state index is 12.7. The minimum atomic E-state index is -3.26. The Morgan fingerprint density at radius 3 is 2.60 bits per heavy atom. The second-order valence-electron chi connectivity index (χ2n) is 13.8. The number of ether oxygens (including phenoxy) is 1. The Balaban J connectivity index is 1.30. The third-order valence-corrected chi connectivity index (χ3v) is 13.2. The van der Waals surface area contributed by atoms with Gasteiger partial charge in [-0.2, -0.15) is 4.31 Å². The molecule has 3 saturated carbocycles. The van der Waals surface area contributed by atoms with Crippen molar-refractivity contribution in [3.8, 4) is 0 Å². The van der Waals surface area contributed by atoms with E-state index in [9.17, 15) is 13.2 Å². The van der Waals surface area contributed by atoms with Crippen LogP contribution in [0, 0.1) is 40.9 Å². The van der Waals surface area contributed by atoms with Crippen LogP contribution in [0.1, 0.15) is 91.9 Å². The lowest BCUT2D eigenvalue weighted by atomic mass is 9.52. The first-order valence-electron chi connectivity index (χ1n) is 14.3. The van der Waals surface area contributed by atoms with Crippen molar-refractivity contribution in [2.75, 3.05) is 12.8 Å². The molecule has 10 atom stereocenters. The van der Waals surface area contributed by atoms with Crippen LogP contribution in [0.3, 0.4) is 0 Å². The van der Waals surface area contributed by atoms with Gasteiger partial charge in [0.15, 0.2) is 0 Å². The molecule has 6 rings (SSSR count). The number of hydrogen-bond acceptors (Lipinski definition) is 4. The second kappa shape index (κ2) is 8.14. The number of carbonyl (C=O) groups is 1. The third kappa shape index (κ3) is 3.66. The molecule has 196 valence electrons. The SMILES string of the molecule is CC1=C2C[C@H]3[C@@H](CC[C@@H]4CC(=O)CC[C@@]43C)[C@@H]2CC[C@@]2(C1)O[C@@H]1C[C@H](C)CN(S(C)(=O)=O)C1[C@H]2C. The van der Waals surface area contributed by atoms with Gasteiger partial charge in [0.2, 0.25) is 10.0 Å². The summed E-state index contributed by atoms with van der Waals surface area (Å²) >= 11 is 0. The number of rotatable bonds is 1. The molecule has 35 heavy (non-hydrogen) atoms. The van der Waals surface area contributed by atoms with Crippen LogP contribution in [0.15, 0.2) is 11.1 Å². The fraction of sp³-hybridized carbons (Fsp3) is 0.897. The second-order valence-corrected chi connectivity index (χ2v) is 15.7. The number of carbonyl (C=O) groups excluding carboxylic acids is 1. The van der Waals surface area contributed by atoms with E-state index >= 15 is 0 Å². The molecule has 5 nitrogen and oxygen atoms in total. The van der Waals surface area contributed by atoms with Gasteiger partial charge in [0, 0.05) is 25.3 Å². The number of ketones is 1. The quantitative estimate of drug-likeness (QED) is 0.453. The van der Waals surface area contributed by atoms with Gasteiger partial charge < -0.3 is 4.74 Å². The minimum absolute atomic E-state index is 0.0149. The van der Waals surface area contributed by atoms with E-state index in [4.69, 9.17) is 4.74 Å². The molecular formula is C29H45NO4S. The highest BCUT2D eigenvalue weighted by atomic mass is 32.2. The molecule has 0 radical (unpaired) electrons. The third-order valence-electron chi connectivity index (χ3n) is 12.0. The summed E-state index contributed by atoms with van der Waals surface area (Å²) in [7, 11) is -3.26. The van der Waals surface area contributed by atoms with E-state index in [0.29, 0.717) is 35.5 Å². The van der Waals surface area contributed by atoms with Crippen molar-refractivity contribution in [3.05, 3.63) is 11.1 Å². The van der Waals surface area contributed by atoms with E-state index in [1.165, 1.54) is 37.5 Å². The van der Waals surface area contributed by atoms with Crippen LogP contribution >= 0.6 is 0 Å². The molecule has 1 spiro atoms. The van der Waals surface area contributed by atoms with Crippen LogP contribution < -0.4 is 0 Å². The Hall–Kier alpha value is -0.720. The molecule has 5 fully saturated rings. The van der Waals surface area contributed by atoms with Crippen molar-refractivity contribution in [3.63, 3.8) is 0 Å². The van der Waals surface area contributed by atoms with Crippen LogP contribution in [0.5, 0.6) is 0 Å². The summed E-state index contributed by atoms with van der Waals surface area (Å²) in [6.45, 7) is 9.92. The lowest BCUT2D eigenvalue weighted by Gasteiger charge is -2.52. The average Bonchev–Trinajstić information content (AvgIpc) is 3.23. The van der Waals surface area contributed by atoms with Gasteiger partial charge in [0.25, 0.3) is 0 Å². The Morgan fingerprint density at radius 1 is 1.09 bits per heavy atom. The fourth-order valence-corrected chi connectivity index (χ4v) is 11.4. The molecule has 0 aromatic carbocycles. The van der Waals surface area contributed by atoms with E-state index in [1.807, 2.05) is 0 Å². The Kier molecular flexibility index (Phi) is 5.72. The van der Waals surface area contributed by atoms with E-state index in [0.717, 1.165) is 50.4 Å². The number of Topliss-reactive ketones (excluding diaryl/α,β-unsaturated/α-hetero) is 1. The minimum Gasteiger partial charge on any atom is -0.369 e. The lowest BCUT2D eigenvalue weighted by Crippen LogP contribution is -2.53. The van der Waals surface area contributed by atoms with Gasteiger partial charge in [-0.05, 0) is 93.3 Å². The average molecular weight is 504 g/mol. The molecular weight excluding hydrogens is 458 g/mol. The van der Waals surface area contributed by atoms with Crippen molar-refractivity contribution in [1.82, 2.24) is 4.31 Å². The highest BCUT2D eigenvalue weighted by molar-refractivity contribution is 7.88. The molecule has 6 aliphatic rings. The topological polar surface area (TPSA) is 63.7 Å². The molecule has 2 saturated heterocycles. The summed E-state index contributed by atoms with van der Waals surface area (Å²) in [5.41, 5.74) is 3.32. The van der Waals surface area contributed by atoms with Gasteiger partial charge in [-0.25, -0.2) is 8.42 Å². The van der Waals surface area contributed by atoms with Crippen molar-refractivity contribution in [2.24, 2.45) is 40.9 Å². The van der Waals surface area contributed by atoms with Gasteiger partial charge >= 0.3 is 0 Å². The maximum absolute atomic E-state index is 12.7. The number of fused-ring (bicyclic) bond motifs is 6. The smallest absolute Gasteiger partial charge is 0.211 e. The lowest BCUT2D eigenvalue weighted by molar-refractivity contribution is -0.129. The molecule has 0 aromatic heterocycles. The monoisotopic (exact) mass is 503 g/mol. The zero-order chi connectivity index (χ0) is 24.9. The molecule has 0 bridgehead atoms. The largest absolute Gasteiger partial charge is 0.369 e. The predicted molar refractivity (Wildman–Crippen MR) is 137 cm³/mol. The molecule has 0 amide bonds. The van der Waals surface area contributed by atoms with Gasteiger partial charge in [-0.3, -0.25) is 4.79 Å². The van der Waals surface area contributed by atoms with Crippen LogP contribution in [-0.2, 0) is 19.6 Å². The molecule has 6 heteroatoms. The van der Waals surface area contributed by atoms with Gasteiger partial charge in [0.05, 0.1) is 24.0 Å². The number of piperidine rings is 1. The van der Waals surface area contributed by atoms with Crippen molar-refractivity contribution in [2.45, 2.75) is 110 Å². The van der Waals surface area contributed by atoms with Crippen molar-refractivity contribution in [1.29, 1.82) is 0 Å². The van der Waals surface area contributed by atoms with Gasteiger partial charge in [0.1, 0.15) is 5.78 Å². The molecule has 1 unspecified atom stereocenters. The zero-order valence-electron chi connectivity index (χ0n) is 22.4. The van der Waals surface area contributed by atoms with E-state index < -0.39 is 10.0 Å². The van der Waals surface area contributed by atoms with Crippen molar-refractivity contribution < 1.29 is 17.9 Å². The fourth-order valence-electron chi connectivity index (χ4n) is 10.1. The first kappa shape index (κ1) is 24.6. The van der Waals surface area contributed by atoms with Crippen LogP contribution in [0.2, 0.25) is 0 Å². The zero-order valence-corrected chi connectivity index (χ0v) is 23.2. The molecule has 0 N–H and O–H groups in total. The van der Waals surface area contributed by atoms with Crippen LogP contribution in [0.25, 0.3) is 0 Å². The summed E-state index contributed by atoms with van der Waals surface area (Å²) in [6, 6.07) is -0.0289. The van der Waals surface area contributed by atoms with E-state index in [1.54, 1.807) is 9.88 Å². The Bertz CT molecular complexity index is 1050. The molecule has 2 aliphatic heterocycles. The van der Waals surface area contributed by atoms with Crippen molar-refractivity contribution >= 4 is 15.8 Å². The van der Waals surface area contributed by atoms with Crippen LogP contribution in [-0.4, -0.2) is 49.1 Å². The number of nitrogens with zero attached hydrogens (tertiary/aromatic N) is 1. The summed E-state index contributed by atoms with van der Waals surface area (Å²) in [6.07, 6.45) is 11.9. The summed E-state index contributed by atoms with van der Waals surface area (Å²) < 4.78 is 34.3. The summed E-state index contributed by atoms with van der Waals surface area (Å²) in [4.78, 5) is 12.2. The molecule has 0 aromatic rings. The number of hydrogen-bond donors (Lipinski definition) is 0. The number of sulfonamides is 1. The summed E-state index contributed by atoms with van der Waals surface area (Å²) in [5.74, 6) is 3.74. The highest BCUT2D eigenvalue weighted by Crippen LogP contribution is 2.65. The van der Waals surface area contributed by atoms with E-state index in [-0.39, 0.29) is 23.7 Å². The summed E-state index contributed by atoms with van der Waals surface area (Å²) in [5, 5.41) is 0. The Morgan fingerprint density at radius 2 is 1.86 bits per heavy atom. The van der Waals surface area contributed by atoms with Crippen LogP contribution in [0.4, 0.5) is 0 Å². The van der Waals surface area contributed by atoms with E-state index in [2.05, 4.69) is 27.7 Å². The first-order valence-corrected chi connectivity index (χ1v) is 16.1. The van der Waals surface area contributed by atoms with Gasteiger partial charge in [-0.1, -0.05) is 31.9 Å². The normalized spacial score (nSPS) is 50.5. The first-order chi connectivity index (χ1) is 16.4. The predicted octanol–water partition coefficient (Wildman–Crippen LogP) is 5.35. The molecule has 4 aliphatic carbocycles. The Labute approximate surface area is 212 Å². The number of allylic oxidation sites excluding steroid dienone is 1. The molecule has 2 heterocycles. The standard InChI is InChI=1S/C29H45NO4S/c1-17-12-26-27(30(16-17)35(5,32)33)19(3)29(34-26)11-9-22-23-7-6-20-13-21(31)8-10-28(20,4)25(23)14-24(22)18(2)15-29/h17,19-20,22-23,25-27H,6-16H2,1-5H3/t17-,19+,20+,22-,23-,25-,26+,27?,28-,29-/m0/s1. The van der Waals surface area contributed by atoms with Gasteiger partial charge in [-0.15, -0.1) is 0 Å². The highest BCUT2D eigenvalue weighted by Gasteiger charge is 2.61. The maximum Gasteiger partial charge on any atom is 0.211 e.